The summed E-state index contributed by atoms with van der Waals surface area (Å²) in [6.45, 7) is 0. The van der Waals surface area contributed by atoms with Crippen LogP contribution in [-0.4, -0.2) is 28.2 Å². The van der Waals surface area contributed by atoms with Crippen molar-refractivity contribution in [3.05, 3.63) is 340 Å². The predicted octanol–water partition coefficient (Wildman–Crippen LogP) is 22.9. The van der Waals surface area contributed by atoms with E-state index in [9.17, 15) is 0 Å². The first-order valence-electron chi connectivity index (χ1n) is 32.1. The van der Waals surface area contributed by atoms with Gasteiger partial charge >= 0.3 is 0 Å². The van der Waals surface area contributed by atoms with E-state index in [0.717, 1.165) is 100 Å². The van der Waals surface area contributed by atoms with Gasteiger partial charge in [0.15, 0.2) is 0 Å². The van der Waals surface area contributed by atoms with Crippen LogP contribution in [0, 0.1) is 0 Å². The first-order valence-corrected chi connectivity index (χ1v) is 32.1. The minimum Gasteiger partial charge on any atom is -0.309 e. The number of aromatic nitrogens is 6. The van der Waals surface area contributed by atoms with Crippen LogP contribution < -0.4 is 0 Å². The minimum absolute atomic E-state index is 0.587. The topological polar surface area (TPSA) is 45.5 Å². The molecule has 0 spiro atoms. The van der Waals surface area contributed by atoms with Crippen LogP contribution in [-0.2, 0) is 0 Å². The first-order chi connectivity index (χ1) is 46.6. The molecule has 0 unspecified atom stereocenters. The molecule has 0 radical (unpaired) electrons. The van der Waals surface area contributed by atoms with Crippen molar-refractivity contribution in [3.8, 4) is 90.0 Å². The van der Waals surface area contributed by atoms with Crippen molar-refractivity contribution in [2.75, 3.05) is 0 Å². The number of benzene rings is 14. The molecule has 0 amide bonds. The zero-order chi connectivity index (χ0) is 61.8. The average molecular weight is 1200 g/mol. The molecule has 5 aromatic heterocycles. The molecular formula is C88H56N6. The maximum Gasteiger partial charge on any atom is 0.235 e. The van der Waals surface area contributed by atoms with E-state index >= 15 is 0 Å². The summed E-state index contributed by atoms with van der Waals surface area (Å²) in [6.07, 6.45) is 0. The Kier molecular flexibility index (Phi) is 12.2. The van der Waals surface area contributed by atoms with Gasteiger partial charge in [0, 0.05) is 82.4 Å². The first kappa shape index (κ1) is 53.2. The van der Waals surface area contributed by atoms with Crippen LogP contribution >= 0.6 is 0 Å². The molecule has 0 aliphatic carbocycles. The van der Waals surface area contributed by atoms with E-state index in [4.69, 9.17) is 9.97 Å². The number of rotatable bonds is 10. The van der Waals surface area contributed by atoms with Crippen LogP contribution in [0.15, 0.2) is 340 Å². The van der Waals surface area contributed by atoms with Gasteiger partial charge in [-0.15, -0.1) is 0 Å². The van der Waals surface area contributed by atoms with E-state index in [1.54, 1.807) is 0 Å². The van der Waals surface area contributed by atoms with Crippen molar-refractivity contribution in [2.24, 2.45) is 0 Å². The second-order valence-electron chi connectivity index (χ2n) is 24.4. The molecular weight excluding hydrogens is 1140 g/mol. The van der Waals surface area contributed by atoms with Crippen LogP contribution in [0.4, 0.5) is 0 Å². The molecule has 0 bridgehead atoms. The van der Waals surface area contributed by atoms with Gasteiger partial charge in [-0.25, -0.2) is 9.97 Å². The molecule has 94 heavy (non-hydrogen) atoms. The average Bonchev–Trinajstić information content (AvgIpc) is 1.59. The fourth-order valence-electron chi connectivity index (χ4n) is 15.1. The molecule has 0 N–H and O–H groups in total. The highest BCUT2D eigenvalue weighted by Crippen LogP contribution is 2.45. The Hall–Kier alpha value is -12.6. The van der Waals surface area contributed by atoms with Gasteiger partial charge < -0.3 is 13.7 Å². The summed E-state index contributed by atoms with van der Waals surface area (Å²) in [5.74, 6) is 0.587. The van der Waals surface area contributed by atoms with Crippen molar-refractivity contribution in [3.63, 3.8) is 0 Å². The van der Waals surface area contributed by atoms with Crippen molar-refractivity contribution < 1.29 is 0 Å². The second-order valence-corrected chi connectivity index (χ2v) is 24.4. The number of hydrogen-bond donors (Lipinski definition) is 0. The van der Waals surface area contributed by atoms with E-state index < -0.39 is 0 Å². The summed E-state index contributed by atoms with van der Waals surface area (Å²) >= 11 is 0. The predicted molar refractivity (Wildman–Crippen MR) is 392 cm³/mol. The largest absolute Gasteiger partial charge is 0.309 e. The third kappa shape index (κ3) is 8.43. The Labute approximate surface area is 542 Å². The van der Waals surface area contributed by atoms with Crippen molar-refractivity contribution >= 4 is 87.2 Å². The maximum absolute atomic E-state index is 5.70. The van der Waals surface area contributed by atoms with Crippen molar-refractivity contribution in [1.29, 1.82) is 0 Å². The molecule has 0 saturated carbocycles. The quantitative estimate of drug-likeness (QED) is 0.137. The van der Waals surface area contributed by atoms with Gasteiger partial charge in [0.2, 0.25) is 5.95 Å². The molecule has 0 atom stereocenters. The van der Waals surface area contributed by atoms with Gasteiger partial charge in [-0.1, -0.05) is 243 Å². The Bertz CT molecular complexity index is 6220. The monoisotopic (exact) mass is 1200 g/mol. The highest BCUT2D eigenvalue weighted by Gasteiger charge is 2.23. The van der Waals surface area contributed by atoms with Gasteiger partial charge in [-0.3, -0.25) is 4.57 Å². The number of nitrogens with zero attached hydrogens (tertiary/aromatic N) is 6. The standard InChI is InChI=1S/C88H56N6/c1-4-24-57(25-5-1)66-34-10-11-35-67(66)58-26-20-27-61(52-58)78-56-79(90-88(89-78)94-83-47-19-15-39-73(83)77-55-60(49-51-85(77)94)69-41-23-43-75-71-37-13-18-46-82(71)93(87(69)75)64-31-8-3-9-32-64)62-28-21-33-65(53-62)91-80-44-16-14-38-72(80)76-54-59(48-50-84(76)91)68-40-22-42-74-70-36-12-17-45-81(70)92(86(68)74)63-29-6-2-7-30-63/h1-56H. The molecule has 0 fully saturated rings. The maximum atomic E-state index is 5.70. The molecule has 6 heteroatoms. The van der Waals surface area contributed by atoms with E-state index in [-0.39, 0.29) is 0 Å². The summed E-state index contributed by atoms with van der Waals surface area (Å²) in [5.41, 5.74) is 25.2. The highest BCUT2D eigenvalue weighted by molar-refractivity contribution is 6.18. The summed E-state index contributed by atoms with van der Waals surface area (Å²) in [7, 11) is 0. The van der Waals surface area contributed by atoms with E-state index in [2.05, 4.69) is 358 Å². The lowest BCUT2D eigenvalue weighted by molar-refractivity contribution is 0.995. The fourth-order valence-corrected chi connectivity index (χ4v) is 15.1. The minimum atomic E-state index is 0.587. The lowest BCUT2D eigenvalue weighted by atomic mass is 9.93. The van der Waals surface area contributed by atoms with E-state index in [1.807, 2.05) is 0 Å². The van der Waals surface area contributed by atoms with Crippen LogP contribution in [0.2, 0.25) is 0 Å². The third-order valence-corrected chi connectivity index (χ3v) is 19.2. The summed E-state index contributed by atoms with van der Waals surface area (Å²) in [4.78, 5) is 11.4. The molecule has 14 aromatic carbocycles. The van der Waals surface area contributed by atoms with Crippen LogP contribution in [0.25, 0.3) is 177 Å². The zero-order valence-electron chi connectivity index (χ0n) is 51.0. The molecule has 438 valence electrons. The highest BCUT2D eigenvalue weighted by atomic mass is 15.2. The lowest BCUT2D eigenvalue weighted by Gasteiger charge is -2.15. The van der Waals surface area contributed by atoms with Crippen molar-refractivity contribution in [1.82, 2.24) is 28.2 Å². The van der Waals surface area contributed by atoms with Crippen molar-refractivity contribution in [2.45, 2.75) is 0 Å². The smallest absolute Gasteiger partial charge is 0.235 e. The van der Waals surface area contributed by atoms with Gasteiger partial charge in [0.1, 0.15) is 0 Å². The SMILES string of the molecule is c1ccc(-c2ccccc2-c2cccc(-c3cc(-c4cccc(-n5c6ccccc6c6cc(-c7cccc8c9ccccc9n(-c9ccccc9)c78)ccc65)c4)nc(-n4c5ccccc5c5cc(-c6cccc7c8ccccc8n(-c8ccccc8)c67)ccc54)n3)c2)cc1. The number of hydrogen-bond acceptors (Lipinski definition) is 2. The normalized spacial score (nSPS) is 11.8. The fraction of sp³-hybridized carbons (Fsp3) is 0. The zero-order valence-corrected chi connectivity index (χ0v) is 51.0. The molecule has 0 aliphatic rings. The van der Waals surface area contributed by atoms with Crippen LogP contribution in [0.3, 0.4) is 0 Å². The molecule has 0 aliphatic heterocycles. The van der Waals surface area contributed by atoms with Gasteiger partial charge in [0.25, 0.3) is 0 Å². The van der Waals surface area contributed by atoms with Crippen LogP contribution in [0.5, 0.6) is 0 Å². The molecule has 5 heterocycles. The summed E-state index contributed by atoms with van der Waals surface area (Å²) in [6, 6.07) is 123. The second kappa shape index (κ2) is 21.5. The van der Waals surface area contributed by atoms with Gasteiger partial charge in [-0.05, 0) is 130 Å². The van der Waals surface area contributed by atoms with Gasteiger partial charge in [0.05, 0.1) is 55.5 Å². The number of para-hydroxylation sites is 8. The number of fused-ring (bicyclic) bond motifs is 12. The molecule has 19 rings (SSSR count). The Morgan fingerprint density at radius 1 is 0.181 bits per heavy atom. The molecule has 19 aromatic rings. The third-order valence-electron chi connectivity index (χ3n) is 19.2. The lowest BCUT2D eigenvalue weighted by Crippen LogP contribution is -2.04. The molecule has 6 nitrogen and oxygen atoms in total. The Morgan fingerprint density at radius 2 is 0.521 bits per heavy atom. The Morgan fingerprint density at radius 3 is 1.06 bits per heavy atom. The summed E-state index contributed by atoms with van der Waals surface area (Å²) < 4.78 is 9.54. The van der Waals surface area contributed by atoms with Gasteiger partial charge in [-0.2, -0.15) is 0 Å². The Balaban J connectivity index is 0.792. The van der Waals surface area contributed by atoms with E-state index in [0.29, 0.717) is 5.95 Å². The summed E-state index contributed by atoms with van der Waals surface area (Å²) in [5, 5.41) is 9.52. The van der Waals surface area contributed by atoms with E-state index in [1.165, 1.54) is 71.1 Å². The van der Waals surface area contributed by atoms with Crippen LogP contribution in [0.1, 0.15) is 0 Å². The molecule has 0 saturated heterocycles.